The number of methoxy groups -OCH3 is 1. The van der Waals surface area contributed by atoms with E-state index in [2.05, 4.69) is 10.0 Å². The molecule has 0 saturated heterocycles. The first-order valence-corrected chi connectivity index (χ1v) is 11.3. The van der Waals surface area contributed by atoms with Gasteiger partial charge in [-0.25, -0.2) is 8.42 Å². The lowest BCUT2D eigenvalue weighted by Crippen LogP contribution is -2.17. The Balaban J connectivity index is 1.96. The molecule has 3 rings (SSSR count). The summed E-state index contributed by atoms with van der Waals surface area (Å²) in [5, 5.41) is 2.77. The number of benzene rings is 3. The summed E-state index contributed by atoms with van der Waals surface area (Å²) in [6.45, 7) is 7.52. The first kappa shape index (κ1) is 22.4. The fraction of sp³-hybridized carbons (Fsp3) is 0.208. The Kier molecular flexibility index (Phi) is 6.36. The van der Waals surface area contributed by atoms with Gasteiger partial charge in [0.25, 0.3) is 15.9 Å². The van der Waals surface area contributed by atoms with Crippen LogP contribution >= 0.6 is 0 Å². The van der Waals surface area contributed by atoms with Gasteiger partial charge in [0.1, 0.15) is 5.75 Å². The molecule has 0 fully saturated rings. The molecule has 0 bridgehead atoms. The summed E-state index contributed by atoms with van der Waals surface area (Å²) in [5.41, 5.74) is 4.87. The molecule has 0 spiro atoms. The fourth-order valence-corrected chi connectivity index (χ4v) is 4.73. The molecule has 0 heterocycles. The van der Waals surface area contributed by atoms with Gasteiger partial charge in [0.15, 0.2) is 0 Å². The maximum Gasteiger partial charge on any atom is 0.261 e. The number of hydrogen-bond donors (Lipinski definition) is 2. The van der Waals surface area contributed by atoms with Crippen molar-refractivity contribution in [3.8, 4) is 5.75 Å². The molecule has 0 aliphatic rings. The van der Waals surface area contributed by atoms with Gasteiger partial charge < -0.3 is 10.1 Å². The number of nitrogens with one attached hydrogen (secondary N) is 2. The van der Waals surface area contributed by atoms with E-state index in [1.807, 2.05) is 52.0 Å². The smallest absolute Gasteiger partial charge is 0.261 e. The van der Waals surface area contributed by atoms with Crippen LogP contribution < -0.4 is 14.8 Å². The minimum atomic E-state index is -3.88. The van der Waals surface area contributed by atoms with Gasteiger partial charge in [-0.2, -0.15) is 0 Å². The lowest BCUT2D eigenvalue weighted by molar-refractivity contribution is 0.102. The zero-order valence-electron chi connectivity index (χ0n) is 18.2. The number of rotatable bonds is 6. The Morgan fingerprint density at radius 1 is 0.871 bits per heavy atom. The van der Waals surface area contributed by atoms with E-state index >= 15 is 0 Å². The van der Waals surface area contributed by atoms with Crippen molar-refractivity contribution in [1.29, 1.82) is 0 Å². The van der Waals surface area contributed by atoms with E-state index in [0.29, 0.717) is 17.0 Å². The van der Waals surface area contributed by atoms with Crippen LogP contribution in [0.4, 0.5) is 11.4 Å². The van der Waals surface area contributed by atoms with Crippen molar-refractivity contribution in [2.45, 2.75) is 32.6 Å². The first-order valence-electron chi connectivity index (χ1n) is 9.78. The summed E-state index contributed by atoms with van der Waals surface area (Å²) >= 11 is 0. The van der Waals surface area contributed by atoms with Crippen LogP contribution in [-0.4, -0.2) is 21.4 Å². The van der Waals surface area contributed by atoms with Gasteiger partial charge in [0, 0.05) is 5.56 Å². The van der Waals surface area contributed by atoms with Crippen molar-refractivity contribution in [3.63, 3.8) is 0 Å². The predicted octanol–water partition coefficient (Wildman–Crippen LogP) is 4.98. The van der Waals surface area contributed by atoms with Crippen LogP contribution in [0.25, 0.3) is 0 Å². The molecule has 162 valence electrons. The second kappa shape index (κ2) is 8.81. The minimum Gasteiger partial charge on any atom is -0.495 e. The molecular formula is C24H26N2O4S. The van der Waals surface area contributed by atoms with Crippen LogP contribution in [0.3, 0.4) is 0 Å². The highest BCUT2D eigenvalue weighted by Gasteiger charge is 2.20. The molecule has 0 aromatic heterocycles. The highest BCUT2D eigenvalue weighted by molar-refractivity contribution is 7.92. The zero-order chi connectivity index (χ0) is 22.8. The van der Waals surface area contributed by atoms with E-state index in [9.17, 15) is 13.2 Å². The maximum atomic E-state index is 13.1. The van der Waals surface area contributed by atoms with Gasteiger partial charge in [-0.15, -0.1) is 0 Å². The molecule has 1 amide bonds. The second-order valence-electron chi connectivity index (χ2n) is 7.51. The molecule has 7 heteroatoms. The number of carbonyl (C=O) groups excluding carboxylic acids is 1. The standard InChI is InChI=1S/C24H26N2O4S/c1-15-12-17(3)23(18(4)13-15)26-31(28,29)19-10-11-22(30-5)21(14-19)25-24(27)20-9-7-6-8-16(20)2/h6-14,26H,1-5H3,(H,25,27). The molecule has 31 heavy (non-hydrogen) atoms. The average Bonchev–Trinajstić information content (AvgIpc) is 2.71. The molecule has 0 aliphatic carbocycles. The normalized spacial score (nSPS) is 11.1. The number of anilines is 2. The highest BCUT2D eigenvalue weighted by atomic mass is 32.2. The number of amides is 1. The summed E-state index contributed by atoms with van der Waals surface area (Å²) < 4.78 is 34.2. The predicted molar refractivity (Wildman–Crippen MR) is 124 cm³/mol. The molecule has 2 N–H and O–H groups in total. The van der Waals surface area contributed by atoms with Crippen LogP contribution in [0.15, 0.2) is 59.5 Å². The second-order valence-corrected chi connectivity index (χ2v) is 9.19. The van der Waals surface area contributed by atoms with Crippen molar-refractivity contribution < 1.29 is 17.9 Å². The van der Waals surface area contributed by atoms with Gasteiger partial charge >= 0.3 is 0 Å². The monoisotopic (exact) mass is 438 g/mol. The van der Waals surface area contributed by atoms with Gasteiger partial charge in [-0.05, 0) is 68.7 Å². The summed E-state index contributed by atoms with van der Waals surface area (Å²) in [7, 11) is -2.42. The Labute approximate surface area is 183 Å². The Morgan fingerprint density at radius 3 is 2.13 bits per heavy atom. The third-order valence-electron chi connectivity index (χ3n) is 5.03. The van der Waals surface area contributed by atoms with Gasteiger partial charge in [0.05, 0.1) is 23.4 Å². The largest absolute Gasteiger partial charge is 0.495 e. The zero-order valence-corrected chi connectivity index (χ0v) is 19.1. The third kappa shape index (κ3) is 4.88. The number of carbonyl (C=O) groups is 1. The van der Waals surface area contributed by atoms with E-state index in [4.69, 9.17) is 4.74 Å². The Hall–Kier alpha value is -3.32. The minimum absolute atomic E-state index is 0.0211. The summed E-state index contributed by atoms with van der Waals surface area (Å²) in [6.07, 6.45) is 0. The van der Waals surface area contributed by atoms with E-state index in [1.54, 1.807) is 12.1 Å². The number of ether oxygens (including phenoxy) is 1. The van der Waals surface area contributed by atoms with Crippen molar-refractivity contribution in [2.75, 3.05) is 17.1 Å². The van der Waals surface area contributed by atoms with E-state index < -0.39 is 10.0 Å². The number of aryl methyl sites for hydroxylation is 4. The molecular weight excluding hydrogens is 412 g/mol. The van der Waals surface area contributed by atoms with Gasteiger partial charge in [-0.3, -0.25) is 9.52 Å². The molecule has 3 aromatic rings. The van der Waals surface area contributed by atoms with Crippen molar-refractivity contribution >= 4 is 27.3 Å². The van der Waals surface area contributed by atoms with Gasteiger partial charge in [0.2, 0.25) is 0 Å². The number of sulfonamides is 1. The number of hydrogen-bond acceptors (Lipinski definition) is 4. The topological polar surface area (TPSA) is 84.5 Å². The summed E-state index contributed by atoms with van der Waals surface area (Å²) in [4.78, 5) is 12.8. The van der Waals surface area contributed by atoms with E-state index in [0.717, 1.165) is 22.3 Å². The van der Waals surface area contributed by atoms with Crippen LogP contribution in [0, 0.1) is 27.7 Å². The molecule has 6 nitrogen and oxygen atoms in total. The molecule has 0 saturated carbocycles. The average molecular weight is 439 g/mol. The van der Waals surface area contributed by atoms with E-state index in [-0.39, 0.29) is 16.5 Å². The quantitative estimate of drug-likeness (QED) is 0.568. The lowest BCUT2D eigenvalue weighted by atomic mass is 10.1. The fourth-order valence-electron chi connectivity index (χ4n) is 3.50. The lowest BCUT2D eigenvalue weighted by Gasteiger charge is -2.16. The summed E-state index contributed by atoms with van der Waals surface area (Å²) in [6, 6.07) is 15.4. The molecule has 0 radical (unpaired) electrons. The Morgan fingerprint density at radius 2 is 1.52 bits per heavy atom. The van der Waals surface area contributed by atoms with Crippen molar-refractivity contribution in [3.05, 3.63) is 82.4 Å². The van der Waals surface area contributed by atoms with Crippen molar-refractivity contribution in [2.24, 2.45) is 0 Å². The Bertz CT molecular complexity index is 1230. The van der Waals surface area contributed by atoms with Crippen LogP contribution in [0.5, 0.6) is 5.75 Å². The highest BCUT2D eigenvalue weighted by Crippen LogP contribution is 2.30. The SMILES string of the molecule is COc1ccc(S(=O)(=O)Nc2c(C)cc(C)cc2C)cc1NC(=O)c1ccccc1C. The molecule has 0 unspecified atom stereocenters. The third-order valence-corrected chi connectivity index (χ3v) is 6.38. The molecule has 3 aromatic carbocycles. The maximum absolute atomic E-state index is 13.1. The van der Waals surface area contributed by atoms with Gasteiger partial charge in [-0.1, -0.05) is 35.9 Å². The first-order chi connectivity index (χ1) is 14.6. The van der Waals surface area contributed by atoms with E-state index in [1.165, 1.54) is 25.3 Å². The summed E-state index contributed by atoms with van der Waals surface area (Å²) in [5.74, 6) is 0.0210. The van der Waals surface area contributed by atoms with Crippen LogP contribution in [0.2, 0.25) is 0 Å². The molecule has 0 atom stereocenters. The van der Waals surface area contributed by atoms with Crippen molar-refractivity contribution in [1.82, 2.24) is 0 Å². The molecule has 0 aliphatic heterocycles. The van der Waals surface area contributed by atoms with Crippen LogP contribution in [0.1, 0.15) is 32.6 Å². The van der Waals surface area contributed by atoms with Crippen LogP contribution in [-0.2, 0) is 10.0 Å².